The second kappa shape index (κ2) is 5.16. The van der Waals surface area contributed by atoms with Gasteiger partial charge < -0.3 is 4.43 Å². The molecule has 0 aromatic heterocycles. The Morgan fingerprint density at radius 1 is 1.05 bits per heavy atom. The van der Waals surface area contributed by atoms with Gasteiger partial charge in [-0.3, -0.25) is 0 Å². The fourth-order valence-corrected chi connectivity index (χ4v) is 5.83. The third-order valence-electron chi connectivity index (χ3n) is 4.28. The highest BCUT2D eigenvalue weighted by Crippen LogP contribution is 2.51. The molecular weight excluding hydrogens is 248 g/mol. The minimum atomic E-state index is -1.96. The predicted molar refractivity (Wildman–Crippen MR) is 88.2 cm³/mol. The number of benzene rings is 1. The molecule has 1 aromatic rings. The molecule has 0 aliphatic rings. The molecule has 106 valence electrons. The van der Waals surface area contributed by atoms with Crippen LogP contribution in [0.5, 0.6) is 5.75 Å². The molecular formula is C17H28OSi. The first kappa shape index (κ1) is 16.0. The fourth-order valence-electron chi connectivity index (χ4n) is 2.37. The van der Waals surface area contributed by atoms with Gasteiger partial charge in [-0.1, -0.05) is 66.3 Å². The Labute approximate surface area is 119 Å². The zero-order valence-electron chi connectivity index (χ0n) is 13.5. The van der Waals surface area contributed by atoms with E-state index in [4.69, 9.17) is 4.43 Å². The van der Waals surface area contributed by atoms with Crippen LogP contribution in [0, 0.1) is 0 Å². The molecule has 1 nitrogen and oxygen atoms in total. The normalized spacial score (nSPS) is 13.2. The van der Waals surface area contributed by atoms with Crippen LogP contribution in [0.3, 0.4) is 0 Å². The van der Waals surface area contributed by atoms with Gasteiger partial charge in [0, 0.05) is 0 Å². The number of hydrogen-bond acceptors (Lipinski definition) is 1. The summed E-state index contributed by atoms with van der Waals surface area (Å²) < 4.78 is 6.56. The predicted octanol–water partition coefficient (Wildman–Crippen LogP) is 5.88. The lowest BCUT2D eigenvalue weighted by atomic mass is 10.2. The van der Waals surface area contributed by atoms with Gasteiger partial charge in [0.15, 0.2) is 0 Å². The Hall–Kier alpha value is -1.02. The van der Waals surface area contributed by atoms with Gasteiger partial charge in [0.25, 0.3) is 8.32 Å². The lowest BCUT2D eigenvalue weighted by Crippen LogP contribution is -2.54. The van der Waals surface area contributed by atoms with Crippen molar-refractivity contribution in [2.45, 2.75) is 58.2 Å². The maximum absolute atomic E-state index is 6.56. The highest BCUT2D eigenvalue weighted by atomic mass is 28.4. The van der Waals surface area contributed by atoms with Crippen LogP contribution in [0.1, 0.15) is 47.1 Å². The average molecular weight is 276 g/mol. The van der Waals surface area contributed by atoms with Gasteiger partial charge in [-0.05, 0) is 34.3 Å². The third-order valence-corrected chi connectivity index (χ3v) is 10.6. The molecule has 0 bridgehead atoms. The summed E-state index contributed by atoms with van der Waals surface area (Å²) in [4.78, 5) is 0. The van der Waals surface area contributed by atoms with Crippen LogP contribution in [0.15, 0.2) is 30.8 Å². The summed E-state index contributed by atoms with van der Waals surface area (Å²) in [5.74, 6) is 0.969. The largest absolute Gasteiger partial charge is 0.543 e. The quantitative estimate of drug-likeness (QED) is 0.626. The van der Waals surface area contributed by atoms with Gasteiger partial charge >= 0.3 is 0 Å². The molecule has 0 unspecified atom stereocenters. The molecule has 0 saturated carbocycles. The Bertz CT molecular complexity index is 435. The molecule has 0 radical (unpaired) electrons. The molecule has 0 saturated heterocycles. The van der Waals surface area contributed by atoms with Crippen LogP contribution in [-0.4, -0.2) is 8.32 Å². The molecule has 1 aromatic carbocycles. The van der Waals surface area contributed by atoms with E-state index in [0.29, 0.717) is 0 Å². The van der Waals surface area contributed by atoms with Gasteiger partial charge in [0.1, 0.15) is 5.75 Å². The topological polar surface area (TPSA) is 9.23 Å². The maximum Gasteiger partial charge on any atom is 0.258 e. The van der Waals surface area contributed by atoms with Crippen molar-refractivity contribution >= 4 is 14.4 Å². The van der Waals surface area contributed by atoms with Crippen molar-refractivity contribution in [3.05, 3.63) is 36.4 Å². The Morgan fingerprint density at radius 3 is 2.00 bits per heavy atom. The van der Waals surface area contributed by atoms with Crippen molar-refractivity contribution in [3.63, 3.8) is 0 Å². The van der Waals surface area contributed by atoms with E-state index in [0.717, 1.165) is 11.3 Å². The summed E-state index contributed by atoms with van der Waals surface area (Å²) in [6, 6.07) is 8.21. The molecule has 0 aliphatic heterocycles. The molecule has 0 spiro atoms. The van der Waals surface area contributed by atoms with Crippen molar-refractivity contribution in [2.75, 3.05) is 0 Å². The van der Waals surface area contributed by atoms with Crippen molar-refractivity contribution in [1.29, 1.82) is 0 Å². The van der Waals surface area contributed by atoms with Crippen molar-refractivity contribution in [2.24, 2.45) is 0 Å². The highest BCUT2D eigenvalue weighted by molar-refractivity contribution is 6.78. The molecule has 0 heterocycles. The summed E-state index contributed by atoms with van der Waals surface area (Å²) >= 11 is 0. The molecule has 0 amide bonds. The SMILES string of the molecule is C=Cc1cccc(O[Si](C)(C(C)(C)C)C(C)(C)C)c1. The van der Waals surface area contributed by atoms with E-state index in [-0.39, 0.29) is 10.1 Å². The van der Waals surface area contributed by atoms with E-state index in [9.17, 15) is 0 Å². The van der Waals surface area contributed by atoms with Gasteiger partial charge in [0.2, 0.25) is 0 Å². The fraction of sp³-hybridized carbons (Fsp3) is 0.529. The van der Waals surface area contributed by atoms with Crippen LogP contribution in [0.2, 0.25) is 16.6 Å². The molecule has 19 heavy (non-hydrogen) atoms. The first-order chi connectivity index (χ1) is 8.51. The third kappa shape index (κ3) is 3.30. The van der Waals surface area contributed by atoms with Crippen molar-refractivity contribution in [1.82, 2.24) is 0 Å². The molecule has 0 N–H and O–H groups in total. The maximum atomic E-state index is 6.56. The summed E-state index contributed by atoms with van der Waals surface area (Å²) in [7, 11) is -1.96. The standard InChI is InChI=1S/C17H28OSi/c1-9-14-11-10-12-15(13-14)18-19(8,16(2,3)4)17(5,6)7/h9-13H,1H2,2-8H3. The molecule has 0 atom stereocenters. The first-order valence-electron chi connectivity index (χ1n) is 6.93. The molecule has 1 rings (SSSR count). The second-order valence-corrected chi connectivity index (χ2v) is 12.7. The first-order valence-corrected chi connectivity index (χ1v) is 9.33. The molecule has 0 aliphatic carbocycles. The average Bonchev–Trinajstić information content (AvgIpc) is 2.26. The minimum absolute atomic E-state index is 0.176. The second-order valence-electron chi connectivity index (χ2n) is 7.41. The Morgan fingerprint density at radius 2 is 1.58 bits per heavy atom. The van der Waals surface area contributed by atoms with E-state index < -0.39 is 8.32 Å². The Kier molecular flexibility index (Phi) is 4.35. The van der Waals surface area contributed by atoms with Crippen molar-refractivity contribution in [3.8, 4) is 5.75 Å². The molecule has 2 heteroatoms. The Balaban J connectivity index is 3.19. The smallest absolute Gasteiger partial charge is 0.258 e. The highest BCUT2D eigenvalue weighted by Gasteiger charge is 2.52. The van der Waals surface area contributed by atoms with E-state index in [1.807, 2.05) is 18.2 Å². The van der Waals surface area contributed by atoms with Gasteiger partial charge in [-0.2, -0.15) is 0 Å². The van der Waals surface area contributed by atoms with E-state index in [1.54, 1.807) is 0 Å². The summed E-state index contributed by atoms with van der Waals surface area (Å²) in [6.07, 6.45) is 1.86. The number of hydrogen-bond donors (Lipinski definition) is 0. The van der Waals surface area contributed by atoms with Crippen LogP contribution in [-0.2, 0) is 0 Å². The van der Waals surface area contributed by atoms with Crippen LogP contribution >= 0.6 is 0 Å². The zero-order chi connectivity index (χ0) is 14.9. The lowest BCUT2D eigenvalue weighted by Gasteiger charge is -2.48. The van der Waals surface area contributed by atoms with E-state index >= 15 is 0 Å². The monoisotopic (exact) mass is 276 g/mol. The summed E-state index contributed by atoms with van der Waals surface area (Å²) in [6.45, 7) is 19.9. The zero-order valence-corrected chi connectivity index (χ0v) is 14.5. The van der Waals surface area contributed by atoms with Gasteiger partial charge in [-0.25, -0.2) is 0 Å². The van der Waals surface area contributed by atoms with E-state index in [2.05, 4.69) is 66.8 Å². The minimum Gasteiger partial charge on any atom is -0.543 e. The van der Waals surface area contributed by atoms with Crippen molar-refractivity contribution < 1.29 is 4.43 Å². The van der Waals surface area contributed by atoms with E-state index in [1.165, 1.54) is 0 Å². The van der Waals surface area contributed by atoms with Crippen LogP contribution < -0.4 is 4.43 Å². The van der Waals surface area contributed by atoms with Crippen LogP contribution in [0.4, 0.5) is 0 Å². The lowest BCUT2D eigenvalue weighted by molar-refractivity contribution is 0.430. The van der Waals surface area contributed by atoms with Crippen LogP contribution in [0.25, 0.3) is 6.08 Å². The summed E-state index contributed by atoms with van der Waals surface area (Å²) in [5, 5.41) is 0.352. The molecule has 0 fully saturated rings. The summed E-state index contributed by atoms with van der Waals surface area (Å²) in [5.41, 5.74) is 1.11. The van der Waals surface area contributed by atoms with Gasteiger partial charge in [0.05, 0.1) is 0 Å². The number of rotatable bonds is 3. The van der Waals surface area contributed by atoms with Gasteiger partial charge in [-0.15, -0.1) is 0 Å².